The van der Waals surface area contributed by atoms with Gasteiger partial charge < -0.3 is 15.5 Å². The highest BCUT2D eigenvalue weighted by Crippen LogP contribution is 2.37. The summed E-state index contributed by atoms with van der Waals surface area (Å²) in [6, 6.07) is 2.54. The van der Waals surface area contributed by atoms with Crippen molar-refractivity contribution in [3.05, 3.63) is 23.7 Å². The van der Waals surface area contributed by atoms with Gasteiger partial charge in [-0.1, -0.05) is 0 Å². The van der Waals surface area contributed by atoms with E-state index in [1.807, 2.05) is 0 Å². The molecule has 1 amide bonds. The van der Waals surface area contributed by atoms with Gasteiger partial charge >= 0.3 is 0 Å². The zero-order valence-electron chi connectivity index (χ0n) is 12.5. The molecule has 5 heteroatoms. The van der Waals surface area contributed by atoms with Crippen LogP contribution in [0.4, 0.5) is 0 Å². The fraction of sp³-hybridized carbons (Fsp3) is 0.688. The van der Waals surface area contributed by atoms with Crippen molar-refractivity contribution in [1.29, 1.82) is 0 Å². The number of piperidine rings is 1. The molecule has 1 aromatic heterocycles. The van der Waals surface area contributed by atoms with Crippen LogP contribution in [0.25, 0.3) is 0 Å². The van der Waals surface area contributed by atoms with Crippen molar-refractivity contribution in [2.45, 2.75) is 38.1 Å². The third-order valence-corrected chi connectivity index (χ3v) is 4.73. The van der Waals surface area contributed by atoms with Gasteiger partial charge in [-0.2, -0.15) is 0 Å². The van der Waals surface area contributed by atoms with Crippen LogP contribution in [0.15, 0.2) is 16.7 Å². The zero-order valence-corrected chi connectivity index (χ0v) is 12.5. The van der Waals surface area contributed by atoms with Crippen LogP contribution in [-0.2, 0) is 11.2 Å². The van der Waals surface area contributed by atoms with Crippen molar-refractivity contribution < 1.29 is 9.21 Å². The van der Waals surface area contributed by atoms with Gasteiger partial charge in [-0.3, -0.25) is 9.69 Å². The molecule has 21 heavy (non-hydrogen) atoms. The minimum atomic E-state index is 0.0996. The second kappa shape index (κ2) is 6.62. The number of hydrogen-bond acceptors (Lipinski definition) is 4. The van der Waals surface area contributed by atoms with Gasteiger partial charge in [0, 0.05) is 37.7 Å². The summed E-state index contributed by atoms with van der Waals surface area (Å²) >= 11 is 0. The standard InChI is InChI=1S/C16H25N3O2/c17-7-8-18-16(20)12-3-2-9-19(11-12)14-4-1-5-15-13(14)6-10-21-15/h6,10,12,14H,1-5,7-9,11,17H2,(H,18,20). The molecule has 116 valence electrons. The average molecular weight is 291 g/mol. The number of nitrogens with two attached hydrogens (primary N) is 1. The first kappa shape index (κ1) is 14.6. The Morgan fingerprint density at radius 2 is 2.33 bits per heavy atom. The summed E-state index contributed by atoms with van der Waals surface area (Å²) < 4.78 is 5.58. The van der Waals surface area contributed by atoms with Gasteiger partial charge in [-0.25, -0.2) is 0 Å². The van der Waals surface area contributed by atoms with Crippen LogP contribution in [0.3, 0.4) is 0 Å². The molecule has 1 saturated heterocycles. The lowest BCUT2D eigenvalue weighted by atomic mass is 9.88. The summed E-state index contributed by atoms with van der Waals surface area (Å²) in [6.45, 7) is 3.01. The Labute approximate surface area is 125 Å². The molecule has 5 nitrogen and oxygen atoms in total. The second-order valence-electron chi connectivity index (χ2n) is 6.12. The molecular formula is C16H25N3O2. The topological polar surface area (TPSA) is 71.5 Å². The quantitative estimate of drug-likeness (QED) is 0.880. The van der Waals surface area contributed by atoms with E-state index in [9.17, 15) is 4.79 Å². The Morgan fingerprint density at radius 3 is 3.19 bits per heavy atom. The van der Waals surface area contributed by atoms with E-state index in [2.05, 4.69) is 16.3 Å². The molecule has 1 aromatic rings. The number of nitrogens with one attached hydrogen (secondary N) is 1. The SMILES string of the molecule is NCCNC(=O)C1CCCN(C2CCCc3occc32)C1. The number of nitrogens with zero attached hydrogens (tertiary/aromatic N) is 1. The lowest BCUT2D eigenvalue weighted by Crippen LogP contribution is -2.45. The van der Waals surface area contributed by atoms with Crippen LogP contribution in [0.1, 0.15) is 43.0 Å². The molecule has 0 aromatic carbocycles. The fourth-order valence-electron chi connectivity index (χ4n) is 3.68. The molecule has 1 aliphatic heterocycles. The van der Waals surface area contributed by atoms with Crippen LogP contribution in [-0.4, -0.2) is 37.0 Å². The molecule has 2 heterocycles. The summed E-state index contributed by atoms with van der Waals surface area (Å²) in [5.41, 5.74) is 6.79. The van der Waals surface area contributed by atoms with Crippen LogP contribution < -0.4 is 11.1 Å². The number of carbonyl (C=O) groups is 1. The van der Waals surface area contributed by atoms with Crippen molar-refractivity contribution in [1.82, 2.24) is 10.2 Å². The number of carbonyl (C=O) groups excluding carboxylic acids is 1. The van der Waals surface area contributed by atoms with E-state index in [-0.39, 0.29) is 11.8 Å². The van der Waals surface area contributed by atoms with Crippen molar-refractivity contribution in [2.75, 3.05) is 26.2 Å². The Balaban J connectivity index is 1.66. The smallest absolute Gasteiger partial charge is 0.224 e. The maximum Gasteiger partial charge on any atom is 0.224 e. The molecular weight excluding hydrogens is 266 g/mol. The van der Waals surface area contributed by atoms with Gasteiger partial charge in [0.05, 0.1) is 12.2 Å². The van der Waals surface area contributed by atoms with Gasteiger partial charge in [0.2, 0.25) is 5.91 Å². The largest absolute Gasteiger partial charge is 0.469 e. The number of hydrogen-bond donors (Lipinski definition) is 2. The predicted octanol–water partition coefficient (Wildman–Crippen LogP) is 1.44. The van der Waals surface area contributed by atoms with Crippen LogP contribution in [0.5, 0.6) is 0 Å². The predicted molar refractivity (Wildman–Crippen MR) is 80.7 cm³/mol. The Bertz CT molecular complexity index is 486. The van der Waals surface area contributed by atoms with Gasteiger partial charge in [-0.15, -0.1) is 0 Å². The second-order valence-corrected chi connectivity index (χ2v) is 6.12. The molecule has 3 rings (SSSR count). The maximum absolute atomic E-state index is 12.2. The first-order valence-corrected chi connectivity index (χ1v) is 8.07. The highest BCUT2D eigenvalue weighted by atomic mass is 16.3. The van der Waals surface area contributed by atoms with Crippen LogP contribution in [0, 0.1) is 5.92 Å². The summed E-state index contributed by atoms with van der Waals surface area (Å²) in [4.78, 5) is 14.6. The van der Waals surface area contributed by atoms with E-state index >= 15 is 0 Å². The molecule has 2 unspecified atom stereocenters. The van der Waals surface area contributed by atoms with Crippen molar-refractivity contribution >= 4 is 5.91 Å². The molecule has 3 N–H and O–H groups in total. The minimum absolute atomic E-state index is 0.0996. The third kappa shape index (κ3) is 3.14. The van der Waals surface area contributed by atoms with Crippen LogP contribution >= 0.6 is 0 Å². The van der Waals surface area contributed by atoms with E-state index < -0.39 is 0 Å². The first-order valence-electron chi connectivity index (χ1n) is 8.07. The molecule has 0 radical (unpaired) electrons. The highest BCUT2D eigenvalue weighted by Gasteiger charge is 2.33. The summed E-state index contributed by atoms with van der Waals surface area (Å²) in [7, 11) is 0. The minimum Gasteiger partial charge on any atom is -0.469 e. The number of fused-ring (bicyclic) bond motifs is 1. The van der Waals surface area contributed by atoms with Crippen LogP contribution in [0.2, 0.25) is 0 Å². The molecule has 0 saturated carbocycles. The normalized spacial score (nSPS) is 26.3. The summed E-state index contributed by atoms with van der Waals surface area (Å²) in [6.07, 6.45) is 7.27. The highest BCUT2D eigenvalue weighted by molar-refractivity contribution is 5.78. The van der Waals surface area contributed by atoms with Crippen molar-refractivity contribution in [2.24, 2.45) is 11.7 Å². The molecule has 2 aliphatic rings. The molecule has 2 atom stereocenters. The van der Waals surface area contributed by atoms with E-state index in [1.54, 1.807) is 6.26 Å². The summed E-state index contributed by atoms with van der Waals surface area (Å²) in [5, 5.41) is 2.93. The van der Waals surface area contributed by atoms with Gasteiger partial charge in [-0.05, 0) is 38.3 Å². The monoisotopic (exact) mass is 291 g/mol. The zero-order chi connectivity index (χ0) is 14.7. The average Bonchev–Trinajstić information content (AvgIpc) is 3.01. The number of aryl methyl sites for hydroxylation is 1. The van der Waals surface area contributed by atoms with Gasteiger partial charge in [0.25, 0.3) is 0 Å². The molecule has 0 spiro atoms. The van der Waals surface area contributed by atoms with Crippen molar-refractivity contribution in [3.8, 4) is 0 Å². The molecule has 0 bridgehead atoms. The molecule has 1 fully saturated rings. The van der Waals surface area contributed by atoms with E-state index in [1.165, 1.54) is 18.4 Å². The summed E-state index contributed by atoms with van der Waals surface area (Å²) in [5.74, 6) is 1.40. The number of furan rings is 1. The Morgan fingerprint density at radius 1 is 1.43 bits per heavy atom. The van der Waals surface area contributed by atoms with E-state index in [4.69, 9.17) is 10.2 Å². The maximum atomic E-state index is 12.2. The Hall–Kier alpha value is -1.33. The first-order chi connectivity index (χ1) is 10.3. The third-order valence-electron chi connectivity index (χ3n) is 4.73. The van der Waals surface area contributed by atoms with E-state index in [0.29, 0.717) is 19.1 Å². The van der Waals surface area contributed by atoms with Gasteiger partial charge in [0.15, 0.2) is 0 Å². The van der Waals surface area contributed by atoms with Crippen molar-refractivity contribution in [3.63, 3.8) is 0 Å². The van der Waals surface area contributed by atoms with E-state index in [0.717, 1.165) is 38.1 Å². The number of rotatable bonds is 4. The lowest BCUT2D eigenvalue weighted by Gasteiger charge is -2.39. The number of likely N-dealkylation sites (tertiary alicyclic amines) is 1. The fourth-order valence-corrected chi connectivity index (χ4v) is 3.68. The Kier molecular flexibility index (Phi) is 4.60. The van der Waals surface area contributed by atoms with Gasteiger partial charge in [0.1, 0.15) is 5.76 Å². The molecule has 1 aliphatic carbocycles. The lowest BCUT2D eigenvalue weighted by molar-refractivity contribution is -0.127. The number of amides is 1.